The molecule has 0 bridgehead atoms. The fraction of sp³-hybridized carbons (Fsp3) is 0.480. The van der Waals surface area contributed by atoms with Crippen LogP contribution in [-0.4, -0.2) is 31.1 Å². The van der Waals surface area contributed by atoms with Gasteiger partial charge in [0.05, 0.1) is 0 Å². The van der Waals surface area contributed by atoms with Gasteiger partial charge in [-0.3, -0.25) is 4.79 Å². The number of piperidine rings is 1. The van der Waals surface area contributed by atoms with Crippen LogP contribution in [-0.2, 0) is 4.79 Å². The van der Waals surface area contributed by atoms with Crippen LogP contribution in [0.25, 0.3) is 11.1 Å². The van der Waals surface area contributed by atoms with Gasteiger partial charge in [0.1, 0.15) is 5.75 Å². The molecule has 0 atom stereocenters. The van der Waals surface area contributed by atoms with Gasteiger partial charge >= 0.3 is 0 Å². The number of hydrogen-bond acceptors (Lipinski definition) is 3. The summed E-state index contributed by atoms with van der Waals surface area (Å²) in [7, 11) is 0. The molecular formula is C25H34N2O2. The Morgan fingerprint density at radius 3 is 2.14 bits per heavy atom. The molecule has 0 aliphatic carbocycles. The first-order valence-corrected chi connectivity index (χ1v) is 10.9. The lowest BCUT2D eigenvalue weighted by molar-refractivity contribution is -0.134. The number of anilines is 1. The van der Waals surface area contributed by atoms with Crippen LogP contribution < -0.4 is 15.0 Å². The van der Waals surface area contributed by atoms with Crippen LogP contribution in [0.15, 0.2) is 48.5 Å². The quantitative estimate of drug-likeness (QED) is 0.608. The average Bonchev–Trinajstić information content (AvgIpc) is 2.75. The van der Waals surface area contributed by atoms with Crippen molar-refractivity contribution in [2.75, 3.05) is 24.5 Å². The minimum Gasteiger partial charge on any atom is -0.478 e. The monoisotopic (exact) mass is 394 g/mol. The highest BCUT2D eigenvalue weighted by molar-refractivity contribution is 5.84. The molecule has 0 spiro atoms. The molecule has 1 amide bonds. The number of carbonyl (C=O) groups excluding carboxylic acids is 1. The van der Waals surface area contributed by atoms with Crippen LogP contribution in [0.3, 0.4) is 0 Å². The van der Waals surface area contributed by atoms with Crippen molar-refractivity contribution in [1.29, 1.82) is 0 Å². The van der Waals surface area contributed by atoms with E-state index in [1.54, 1.807) is 0 Å². The lowest BCUT2D eigenvalue weighted by Crippen LogP contribution is -2.46. The maximum Gasteiger partial charge on any atom is 0.263 e. The molecule has 0 radical (unpaired) electrons. The van der Waals surface area contributed by atoms with Crippen molar-refractivity contribution in [2.24, 2.45) is 0 Å². The van der Waals surface area contributed by atoms with E-state index in [0.29, 0.717) is 12.3 Å². The third-order valence-electron chi connectivity index (χ3n) is 5.51. The van der Waals surface area contributed by atoms with E-state index in [1.807, 2.05) is 26.0 Å². The number of unbranched alkanes of at least 4 members (excludes halogenated alkanes) is 1. The van der Waals surface area contributed by atoms with Gasteiger partial charge in [-0.15, -0.1) is 0 Å². The van der Waals surface area contributed by atoms with Gasteiger partial charge in [-0.05, 0) is 74.9 Å². The molecular weight excluding hydrogens is 360 g/mol. The second kappa shape index (κ2) is 9.82. The maximum absolute atomic E-state index is 12.4. The summed E-state index contributed by atoms with van der Waals surface area (Å²) in [6.45, 7) is 8.73. The highest BCUT2D eigenvalue weighted by Gasteiger charge is 2.29. The number of benzene rings is 2. The van der Waals surface area contributed by atoms with Crippen LogP contribution in [0.4, 0.5) is 5.69 Å². The standard InChI is InChI=1S/C25H34N2O2/c1-4-5-17-26-24(28)25(2,3)29-23-15-11-21(12-16-23)20-9-13-22(14-10-20)27-18-7-6-8-19-27/h9-16H,4-8,17-19H2,1-3H3,(H,26,28). The fourth-order valence-corrected chi connectivity index (χ4v) is 3.66. The van der Waals surface area contributed by atoms with Gasteiger partial charge in [0, 0.05) is 25.3 Å². The molecule has 156 valence electrons. The normalized spacial score (nSPS) is 14.5. The smallest absolute Gasteiger partial charge is 0.263 e. The van der Waals surface area contributed by atoms with E-state index in [9.17, 15) is 4.79 Å². The van der Waals surface area contributed by atoms with E-state index >= 15 is 0 Å². The van der Waals surface area contributed by atoms with E-state index in [4.69, 9.17) is 4.74 Å². The van der Waals surface area contributed by atoms with E-state index in [2.05, 4.69) is 53.5 Å². The van der Waals surface area contributed by atoms with Gasteiger partial charge in [0.15, 0.2) is 5.60 Å². The summed E-state index contributed by atoms with van der Waals surface area (Å²) >= 11 is 0. The Balaban J connectivity index is 1.61. The highest BCUT2D eigenvalue weighted by Crippen LogP contribution is 2.27. The first kappa shape index (κ1) is 21.2. The van der Waals surface area contributed by atoms with E-state index in [0.717, 1.165) is 31.5 Å². The number of hydrogen-bond donors (Lipinski definition) is 1. The summed E-state index contributed by atoms with van der Waals surface area (Å²) in [6.07, 6.45) is 5.96. The summed E-state index contributed by atoms with van der Waals surface area (Å²) < 4.78 is 5.96. The molecule has 1 N–H and O–H groups in total. The molecule has 0 saturated carbocycles. The van der Waals surface area contributed by atoms with Crippen LogP contribution in [0.1, 0.15) is 52.9 Å². The van der Waals surface area contributed by atoms with E-state index in [-0.39, 0.29) is 5.91 Å². The van der Waals surface area contributed by atoms with Crippen LogP contribution in [0, 0.1) is 0 Å². The topological polar surface area (TPSA) is 41.6 Å². The number of nitrogens with zero attached hydrogens (tertiary/aromatic N) is 1. The number of ether oxygens (including phenoxy) is 1. The molecule has 0 unspecified atom stereocenters. The number of amides is 1. The van der Waals surface area contributed by atoms with Gasteiger partial charge in [0.25, 0.3) is 5.91 Å². The third kappa shape index (κ3) is 5.75. The van der Waals surface area contributed by atoms with Gasteiger partial charge in [-0.2, -0.15) is 0 Å². The molecule has 4 nitrogen and oxygen atoms in total. The Morgan fingerprint density at radius 1 is 0.966 bits per heavy atom. The minimum atomic E-state index is -0.897. The van der Waals surface area contributed by atoms with Crippen molar-refractivity contribution in [3.05, 3.63) is 48.5 Å². The fourth-order valence-electron chi connectivity index (χ4n) is 3.66. The molecule has 1 heterocycles. The predicted molar refractivity (Wildman–Crippen MR) is 121 cm³/mol. The molecule has 1 aliphatic heterocycles. The van der Waals surface area contributed by atoms with Crippen molar-refractivity contribution in [1.82, 2.24) is 5.32 Å². The van der Waals surface area contributed by atoms with Gasteiger partial charge < -0.3 is 15.0 Å². The Kier molecular flexibility index (Phi) is 7.18. The zero-order valence-electron chi connectivity index (χ0n) is 18.0. The second-order valence-electron chi connectivity index (χ2n) is 8.34. The number of nitrogens with one attached hydrogen (secondary N) is 1. The zero-order valence-corrected chi connectivity index (χ0v) is 18.0. The maximum atomic E-state index is 12.4. The molecule has 1 saturated heterocycles. The first-order chi connectivity index (χ1) is 14.0. The van der Waals surface area contributed by atoms with Crippen molar-refractivity contribution >= 4 is 11.6 Å². The zero-order chi connectivity index (χ0) is 20.7. The minimum absolute atomic E-state index is 0.0803. The van der Waals surface area contributed by atoms with Crippen LogP contribution in [0.2, 0.25) is 0 Å². The summed E-state index contributed by atoms with van der Waals surface area (Å²) in [5, 5.41) is 2.95. The third-order valence-corrected chi connectivity index (χ3v) is 5.51. The summed E-state index contributed by atoms with van der Waals surface area (Å²) in [4.78, 5) is 14.8. The van der Waals surface area contributed by atoms with Gasteiger partial charge in [0.2, 0.25) is 0 Å². The highest BCUT2D eigenvalue weighted by atomic mass is 16.5. The molecule has 2 aromatic carbocycles. The Morgan fingerprint density at radius 2 is 1.55 bits per heavy atom. The second-order valence-corrected chi connectivity index (χ2v) is 8.34. The first-order valence-electron chi connectivity index (χ1n) is 10.9. The largest absolute Gasteiger partial charge is 0.478 e. The van der Waals surface area contributed by atoms with Crippen molar-refractivity contribution in [3.63, 3.8) is 0 Å². The predicted octanol–water partition coefficient (Wildman–Crippen LogP) is 5.42. The number of carbonyl (C=O) groups is 1. The molecule has 2 aromatic rings. The van der Waals surface area contributed by atoms with Crippen molar-refractivity contribution < 1.29 is 9.53 Å². The summed E-state index contributed by atoms with van der Waals surface area (Å²) in [5.41, 5.74) is 2.75. The molecule has 1 fully saturated rings. The molecule has 3 rings (SSSR count). The summed E-state index contributed by atoms with van der Waals surface area (Å²) in [5.74, 6) is 0.623. The van der Waals surface area contributed by atoms with Crippen molar-refractivity contribution in [2.45, 2.75) is 58.5 Å². The van der Waals surface area contributed by atoms with E-state index < -0.39 is 5.60 Å². The molecule has 29 heavy (non-hydrogen) atoms. The lowest BCUT2D eigenvalue weighted by atomic mass is 10.0. The van der Waals surface area contributed by atoms with Gasteiger partial charge in [-0.1, -0.05) is 37.6 Å². The molecule has 0 aromatic heterocycles. The Labute approximate surface area is 175 Å². The Hall–Kier alpha value is -2.49. The molecule has 4 heteroatoms. The Bertz CT molecular complexity index is 775. The SMILES string of the molecule is CCCCNC(=O)C(C)(C)Oc1ccc(-c2ccc(N3CCCCC3)cc2)cc1. The lowest BCUT2D eigenvalue weighted by Gasteiger charge is -2.28. The van der Waals surface area contributed by atoms with E-state index in [1.165, 1.54) is 30.5 Å². The van der Waals surface area contributed by atoms with Crippen LogP contribution >= 0.6 is 0 Å². The number of rotatable bonds is 8. The van der Waals surface area contributed by atoms with Gasteiger partial charge in [-0.25, -0.2) is 0 Å². The average molecular weight is 395 g/mol. The molecule has 1 aliphatic rings. The van der Waals surface area contributed by atoms with Crippen molar-refractivity contribution in [3.8, 4) is 16.9 Å². The summed E-state index contributed by atoms with van der Waals surface area (Å²) in [6, 6.07) is 16.8. The van der Waals surface area contributed by atoms with Crippen LogP contribution in [0.5, 0.6) is 5.75 Å².